The number of amides is 1. The van der Waals surface area contributed by atoms with Gasteiger partial charge in [-0.1, -0.05) is 13.8 Å². The Bertz CT molecular complexity index is 298. The zero-order chi connectivity index (χ0) is 13.1. The fourth-order valence-corrected chi connectivity index (χ4v) is 2.21. The second kappa shape index (κ2) is 5.49. The molecule has 0 radical (unpaired) electrons. The maximum Gasteiger partial charge on any atom is 0.305 e. The molecule has 1 aliphatic carbocycles. The van der Waals surface area contributed by atoms with Crippen LogP contribution in [-0.4, -0.2) is 28.6 Å². The van der Waals surface area contributed by atoms with Gasteiger partial charge in [0.2, 0.25) is 5.91 Å². The van der Waals surface area contributed by atoms with Gasteiger partial charge in [-0.3, -0.25) is 9.59 Å². The number of nitrogens with one attached hydrogen (secondary N) is 1. The lowest BCUT2D eigenvalue weighted by Crippen LogP contribution is -2.58. The summed E-state index contributed by atoms with van der Waals surface area (Å²) in [5.41, 5.74) is 5.23. The van der Waals surface area contributed by atoms with E-state index in [1.165, 1.54) is 0 Å². The number of nitrogens with two attached hydrogens (primary N) is 1. The van der Waals surface area contributed by atoms with Gasteiger partial charge in [0, 0.05) is 0 Å². The molecule has 17 heavy (non-hydrogen) atoms. The SMILES string of the molecule is CC(C)C[C@H](N)C(=O)NC1(CC(=O)O)CCC1. The summed E-state index contributed by atoms with van der Waals surface area (Å²) in [6, 6.07) is -0.540. The molecule has 1 amide bonds. The van der Waals surface area contributed by atoms with Crippen LogP contribution in [0.4, 0.5) is 0 Å². The van der Waals surface area contributed by atoms with Crippen molar-refractivity contribution in [3.05, 3.63) is 0 Å². The Hall–Kier alpha value is -1.10. The second-order valence-corrected chi connectivity index (χ2v) is 5.43. The molecule has 0 unspecified atom stereocenters. The predicted molar refractivity (Wildman–Crippen MR) is 64.4 cm³/mol. The van der Waals surface area contributed by atoms with Gasteiger partial charge in [-0.05, 0) is 31.6 Å². The Morgan fingerprint density at radius 2 is 2.00 bits per heavy atom. The van der Waals surface area contributed by atoms with E-state index in [4.69, 9.17) is 10.8 Å². The molecule has 0 saturated heterocycles. The molecule has 0 spiro atoms. The quantitative estimate of drug-likeness (QED) is 0.644. The van der Waals surface area contributed by atoms with Gasteiger partial charge in [0.25, 0.3) is 0 Å². The van der Waals surface area contributed by atoms with Crippen LogP contribution in [0.5, 0.6) is 0 Å². The van der Waals surface area contributed by atoms with E-state index in [2.05, 4.69) is 5.32 Å². The zero-order valence-electron chi connectivity index (χ0n) is 10.5. The molecule has 0 aromatic rings. The number of aliphatic carboxylic acids is 1. The minimum Gasteiger partial charge on any atom is -0.481 e. The zero-order valence-corrected chi connectivity index (χ0v) is 10.5. The highest BCUT2D eigenvalue weighted by Crippen LogP contribution is 2.35. The molecule has 1 saturated carbocycles. The Kier molecular flexibility index (Phi) is 4.51. The molecule has 4 N–H and O–H groups in total. The first kappa shape index (κ1) is 14.0. The lowest BCUT2D eigenvalue weighted by Gasteiger charge is -2.42. The van der Waals surface area contributed by atoms with Gasteiger partial charge < -0.3 is 16.2 Å². The van der Waals surface area contributed by atoms with Crippen molar-refractivity contribution in [2.24, 2.45) is 11.7 Å². The third-order valence-corrected chi connectivity index (χ3v) is 3.25. The number of hydrogen-bond donors (Lipinski definition) is 3. The number of rotatable bonds is 6. The highest BCUT2D eigenvalue weighted by atomic mass is 16.4. The van der Waals surface area contributed by atoms with Crippen molar-refractivity contribution in [3.8, 4) is 0 Å². The van der Waals surface area contributed by atoms with Crippen molar-refractivity contribution in [1.29, 1.82) is 0 Å². The molecule has 0 aliphatic heterocycles. The summed E-state index contributed by atoms with van der Waals surface area (Å²) in [5, 5.41) is 11.7. The van der Waals surface area contributed by atoms with Crippen molar-refractivity contribution in [2.75, 3.05) is 0 Å². The van der Waals surface area contributed by atoms with Crippen LogP contribution >= 0.6 is 0 Å². The molecule has 0 heterocycles. The number of carboxylic acids is 1. The van der Waals surface area contributed by atoms with Crippen LogP contribution in [0.15, 0.2) is 0 Å². The average molecular weight is 242 g/mol. The first-order valence-electron chi connectivity index (χ1n) is 6.14. The van der Waals surface area contributed by atoms with Crippen LogP contribution in [0, 0.1) is 5.92 Å². The second-order valence-electron chi connectivity index (χ2n) is 5.43. The van der Waals surface area contributed by atoms with Gasteiger partial charge >= 0.3 is 5.97 Å². The predicted octanol–water partition coefficient (Wildman–Crippen LogP) is 0.873. The first-order valence-corrected chi connectivity index (χ1v) is 6.14. The van der Waals surface area contributed by atoms with E-state index in [0.717, 1.165) is 19.3 Å². The van der Waals surface area contributed by atoms with E-state index in [9.17, 15) is 9.59 Å². The maximum atomic E-state index is 11.8. The van der Waals surface area contributed by atoms with Crippen molar-refractivity contribution in [3.63, 3.8) is 0 Å². The summed E-state index contributed by atoms with van der Waals surface area (Å²) in [6.45, 7) is 4.01. The Morgan fingerprint density at radius 3 is 2.35 bits per heavy atom. The van der Waals surface area contributed by atoms with E-state index >= 15 is 0 Å². The fourth-order valence-electron chi connectivity index (χ4n) is 2.21. The van der Waals surface area contributed by atoms with Gasteiger partial charge in [0.05, 0.1) is 18.0 Å². The summed E-state index contributed by atoms with van der Waals surface area (Å²) >= 11 is 0. The molecular formula is C12H22N2O3. The van der Waals surface area contributed by atoms with Crippen LogP contribution in [0.1, 0.15) is 46.0 Å². The van der Waals surface area contributed by atoms with E-state index in [0.29, 0.717) is 12.3 Å². The molecule has 1 aliphatic rings. The van der Waals surface area contributed by atoms with Crippen LogP contribution in [-0.2, 0) is 9.59 Å². The van der Waals surface area contributed by atoms with E-state index in [1.807, 2.05) is 13.8 Å². The van der Waals surface area contributed by atoms with Gasteiger partial charge in [-0.25, -0.2) is 0 Å². The number of carboxylic acid groups (broad SMARTS) is 1. The summed E-state index contributed by atoms with van der Waals surface area (Å²) in [7, 11) is 0. The molecule has 1 fully saturated rings. The number of carbonyl (C=O) groups excluding carboxylic acids is 1. The molecule has 5 heteroatoms. The van der Waals surface area contributed by atoms with Gasteiger partial charge in [0.15, 0.2) is 0 Å². The molecule has 5 nitrogen and oxygen atoms in total. The van der Waals surface area contributed by atoms with Gasteiger partial charge in [0.1, 0.15) is 0 Å². The molecular weight excluding hydrogens is 220 g/mol. The number of carbonyl (C=O) groups is 2. The molecule has 98 valence electrons. The normalized spacial score (nSPS) is 19.5. The lowest BCUT2D eigenvalue weighted by molar-refractivity contribution is -0.140. The smallest absolute Gasteiger partial charge is 0.305 e. The Balaban J connectivity index is 2.50. The summed E-state index contributed by atoms with van der Waals surface area (Å²) in [5.74, 6) is -0.741. The van der Waals surface area contributed by atoms with Gasteiger partial charge in [-0.15, -0.1) is 0 Å². The molecule has 0 aromatic carbocycles. The fraction of sp³-hybridized carbons (Fsp3) is 0.833. The van der Waals surface area contributed by atoms with E-state index < -0.39 is 17.6 Å². The molecule has 0 aromatic heterocycles. The molecule has 0 bridgehead atoms. The van der Waals surface area contributed by atoms with Crippen LogP contribution in [0.2, 0.25) is 0 Å². The van der Waals surface area contributed by atoms with Crippen molar-refractivity contribution in [2.45, 2.75) is 57.5 Å². The van der Waals surface area contributed by atoms with E-state index in [-0.39, 0.29) is 12.3 Å². The third kappa shape index (κ3) is 4.00. The minimum absolute atomic E-state index is 0.00681. The van der Waals surface area contributed by atoms with Gasteiger partial charge in [-0.2, -0.15) is 0 Å². The largest absolute Gasteiger partial charge is 0.481 e. The third-order valence-electron chi connectivity index (χ3n) is 3.25. The summed E-state index contributed by atoms with van der Waals surface area (Å²) < 4.78 is 0. The van der Waals surface area contributed by atoms with Crippen molar-refractivity contribution < 1.29 is 14.7 Å². The number of hydrogen-bond acceptors (Lipinski definition) is 3. The Labute approximate surface area is 102 Å². The minimum atomic E-state index is -0.873. The van der Waals surface area contributed by atoms with E-state index in [1.54, 1.807) is 0 Å². The average Bonchev–Trinajstić information content (AvgIpc) is 2.12. The van der Waals surface area contributed by atoms with Crippen LogP contribution in [0.25, 0.3) is 0 Å². The summed E-state index contributed by atoms with van der Waals surface area (Å²) in [6.07, 6.45) is 3.05. The standard InChI is InChI=1S/C12H22N2O3/c1-8(2)6-9(13)11(17)14-12(4-3-5-12)7-10(15)16/h8-9H,3-7,13H2,1-2H3,(H,14,17)(H,15,16)/t9-/m0/s1. The topological polar surface area (TPSA) is 92.4 Å². The monoisotopic (exact) mass is 242 g/mol. The maximum absolute atomic E-state index is 11.8. The molecule has 1 atom stereocenters. The highest BCUT2D eigenvalue weighted by molar-refractivity contribution is 5.83. The van der Waals surface area contributed by atoms with Crippen molar-refractivity contribution in [1.82, 2.24) is 5.32 Å². The summed E-state index contributed by atoms with van der Waals surface area (Å²) in [4.78, 5) is 22.6. The lowest BCUT2D eigenvalue weighted by atomic mass is 9.74. The van der Waals surface area contributed by atoms with Crippen LogP contribution in [0.3, 0.4) is 0 Å². The van der Waals surface area contributed by atoms with Crippen molar-refractivity contribution >= 4 is 11.9 Å². The van der Waals surface area contributed by atoms with Crippen LogP contribution < -0.4 is 11.1 Å². The highest BCUT2D eigenvalue weighted by Gasteiger charge is 2.41. The first-order chi connectivity index (χ1) is 7.84. The Morgan fingerprint density at radius 1 is 1.41 bits per heavy atom. The molecule has 1 rings (SSSR count).